The number of carboxylic acids is 1. The van der Waals surface area contributed by atoms with Crippen molar-refractivity contribution in [3.8, 4) is 0 Å². The third-order valence-electron chi connectivity index (χ3n) is 2.87. The fourth-order valence-electron chi connectivity index (χ4n) is 2.05. The van der Waals surface area contributed by atoms with Crippen molar-refractivity contribution in [2.24, 2.45) is 5.92 Å². The zero-order chi connectivity index (χ0) is 9.97. The summed E-state index contributed by atoms with van der Waals surface area (Å²) in [7, 11) is 0. The summed E-state index contributed by atoms with van der Waals surface area (Å²) < 4.78 is 0. The number of carbonyl (C=O) groups is 1. The van der Waals surface area contributed by atoms with Crippen LogP contribution in [0.2, 0.25) is 0 Å². The van der Waals surface area contributed by atoms with Gasteiger partial charge in [0.15, 0.2) is 0 Å². The summed E-state index contributed by atoms with van der Waals surface area (Å²) >= 11 is 1.75. The molecule has 3 N–H and O–H groups in total. The molecule has 0 saturated carbocycles. The summed E-state index contributed by atoms with van der Waals surface area (Å²) in [5, 5.41) is 15.7. The lowest BCUT2D eigenvalue weighted by molar-refractivity contribution is -0.138. The van der Waals surface area contributed by atoms with Gasteiger partial charge in [-0.2, -0.15) is 0 Å². The summed E-state index contributed by atoms with van der Waals surface area (Å²) in [6.45, 7) is 2.13. The Hall–Kier alpha value is -0.260. The lowest BCUT2D eigenvalue weighted by Crippen LogP contribution is -2.44. The molecule has 0 spiro atoms. The Labute approximate surface area is 87.8 Å². The molecule has 2 unspecified atom stereocenters. The van der Waals surface area contributed by atoms with E-state index in [0.717, 1.165) is 13.1 Å². The van der Waals surface area contributed by atoms with Gasteiger partial charge in [0.1, 0.15) is 6.04 Å². The van der Waals surface area contributed by atoms with E-state index in [1.807, 2.05) is 0 Å². The van der Waals surface area contributed by atoms with E-state index in [2.05, 4.69) is 10.6 Å². The van der Waals surface area contributed by atoms with Crippen LogP contribution in [0.15, 0.2) is 0 Å². The van der Waals surface area contributed by atoms with Crippen molar-refractivity contribution in [3.05, 3.63) is 0 Å². The fourth-order valence-corrected chi connectivity index (χ4v) is 3.45. The minimum absolute atomic E-state index is 0.337. The maximum atomic E-state index is 10.7. The third-order valence-corrected chi connectivity index (χ3v) is 4.28. The smallest absolute Gasteiger partial charge is 0.321 e. The van der Waals surface area contributed by atoms with Crippen LogP contribution in [0.25, 0.3) is 0 Å². The van der Waals surface area contributed by atoms with E-state index in [1.54, 1.807) is 11.8 Å². The van der Waals surface area contributed by atoms with Crippen molar-refractivity contribution in [3.63, 3.8) is 0 Å². The summed E-state index contributed by atoms with van der Waals surface area (Å²) in [6, 6.07) is -0.341. The molecule has 2 fully saturated rings. The number of carboxylic acid groups (broad SMARTS) is 1. The average Bonchev–Trinajstić information content (AvgIpc) is 2.68. The highest BCUT2D eigenvalue weighted by molar-refractivity contribution is 8.00. The van der Waals surface area contributed by atoms with Crippen molar-refractivity contribution in [1.82, 2.24) is 10.6 Å². The van der Waals surface area contributed by atoms with Gasteiger partial charge in [0.05, 0.1) is 5.37 Å². The second-order valence-electron chi connectivity index (χ2n) is 3.92. The van der Waals surface area contributed by atoms with Crippen molar-refractivity contribution >= 4 is 17.7 Å². The molecule has 0 aromatic carbocycles. The van der Waals surface area contributed by atoms with Crippen molar-refractivity contribution in [2.75, 3.05) is 18.8 Å². The molecule has 2 rings (SSSR count). The Kier molecular flexibility index (Phi) is 3.30. The van der Waals surface area contributed by atoms with E-state index in [1.165, 1.54) is 12.8 Å². The maximum absolute atomic E-state index is 10.7. The molecule has 2 saturated heterocycles. The second-order valence-corrected chi connectivity index (χ2v) is 5.09. The summed E-state index contributed by atoms with van der Waals surface area (Å²) in [4.78, 5) is 10.7. The number of piperidine rings is 1. The Morgan fingerprint density at radius 2 is 2.36 bits per heavy atom. The lowest BCUT2D eigenvalue weighted by Gasteiger charge is -2.27. The van der Waals surface area contributed by atoms with Crippen LogP contribution in [0, 0.1) is 5.92 Å². The molecule has 14 heavy (non-hydrogen) atoms. The topological polar surface area (TPSA) is 61.4 Å². The molecule has 4 nitrogen and oxygen atoms in total. The van der Waals surface area contributed by atoms with Crippen molar-refractivity contribution < 1.29 is 9.90 Å². The zero-order valence-electron chi connectivity index (χ0n) is 8.03. The SMILES string of the molecule is O=C(O)[C@@H]1CSC(C2CCCNC2)N1. The first-order valence-electron chi connectivity index (χ1n) is 5.08. The highest BCUT2D eigenvalue weighted by Gasteiger charge is 2.34. The van der Waals surface area contributed by atoms with E-state index in [4.69, 9.17) is 5.11 Å². The predicted octanol–water partition coefficient (Wildman–Crippen LogP) is 0.102. The molecule has 3 atom stereocenters. The van der Waals surface area contributed by atoms with E-state index in [-0.39, 0.29) is 6.04 Å². The number of rotatable bonds is 2. The van der Waals surface area contributed by atoms with Crippen LogP contribution in [-0.4, -0.2) is 41.3 Å². The molecule has 0 aliphatic carbocycles. The molecule has 0 amide bonds. The van der Waals surface area contributed by atoms with Gasteiger partial charge in [0.2, 0.25) is 0 Å². The predicted molar refractivity (Wildman–Crippen MR) is 56.4 cm³/mol. The van der Waals surface area contributed by atoms with Crippen LogP contribution >= 0.6 is 11.8 Å². The van der Waals surface area contributed by atoms with Gasteiger partial charge in [-0.05, 0) is 25.3 Å². The third kappa shape index (κ3) is 2.21. The van der Waals surface area contributed by atoms with E-state index in [0.29, 0.717) is 17.0 Å². The number of thioether (sulfide) groups is 1. The summed E-state index contributed by atoms with van der Waals surface area (Å²) in [5.74, 6) is 0.582. The van der Waals surface area contributed by atoms with Crippen LogP contribution in [0.5, 0.6) is 0 Å². The van der Waals surface area contributed by atoms with Crippen LogP contribution in [0.1, 0.15) is 12.8 Å². The van der Waals surface area contributed by atoms with Crippen LogP contribution < -0.4 is 10.6 Å². The van der Waals surface area contributed by atoms with Gasteiger partial charge in [0, 0.05) is 12.3 Å². The van der Waals surface area contributed by atoms with Gasteiger partial charge in [-0.1, -0.05) is 0 Å². The molecule has 0 bridgehead atoms. The molecule has 0 aromatic rings. The van der Waals surface area contributed by atoms with Crippen LogP contribution in [0.4, 0.5) is 0 Å². The molecule has 2 aliphatic heterocycles. The number of aliphatic carboxylic acids is 1. The van der Waals surface area contributed by atoms with Gasteiger partial charge in [-0.25, -0.2) is 0 Å². The first-order chi connectivity index (χ1) is 6.77. The van der Waals surface area contributed by atoms with Gasteiger partial charge in [-0.3, -0.25) is 10.1 Å². The first kappa shape index (κ1) is 10.3. The quantitative estimate of drug-likeness (QED) is 0.611. The first-order valence-corrected chi connectivity index (χ1v) is 6.13. The summed E-state index contributed by atoms with van der Waals surface area (Å²) in [5.41, 5.74) is 0. The molecule has 0 aromatic heterocycles. The standard InChI is InChI=1S/C9H16N2O2S/c12-9(13)7-5-14-8(11-7)6-2-1-3-10-4-6/h6-8,10-11H,1-5H2,(H,12,13)/t6?,7-,8?/m0/s1. The largest absolute Gasteiger partial charge is 0.480 e. The van der Waals surface area contributed by atoms with Crippen LogP contribution in [-0.2, 0) is 4.79 Å². The number of nitrogens with one attached hydrogen (secondary N) is 2. The van der Waals surface area contributed by atoms with Crippen molar-refractivity contribution in [1.29, 1.82) is 0 Å². The highest BCUT2D eigenvalue weighted by atomic mass is 32.2. The number of hydrogen-bond acceptors (Lipinski definition) is 4. The highest BCUT2D eigenvalue weighted by Crippen LogP contribution is 2.28. The van der Waals surface area contributed by atoms with E-state index >= 15 is 0 Å². The second kappa shape index (κ2) is 4.51. The molecule has 0 radical (unpaired) electrons. The van der Waals surface area contributed by atoms with Gasteiger partial charge >= 0.3 is 5.97 Å². The zero-order valence-corrected chi connectivity index (χ0v) is 8.85. The Bertz CT molecular complexity index is 219. The monoisotopic (exact) mass is 216 g/mol. The van der Waals surface area contributed by atoms with Gasteiger partial charge in [0.25, 0.3) is 0 Å². The number of hydrogen-bond donors (Lipinski definition) is 3. The molecular formula is C9H16N2O2S. The lowest BCUT2D eigenvalue weighted by atomic mass is 9.99. The van der Waals surface area contributed by atoms with Crippen LogP contribution in [0.3, 0.4) is 0 Å². The van der Waals surface area contributed by atoms with Crippen molar-refractivity contribution in [2.45, 2.75) is 24.3 Å². The van der Waals surface area contributed by atoms with E-state index < -0.39 is 5.97 Å². The molecular weight excluding hydrogens is 200 g/mol. The molecule has 80 valence electrons. The maximum Gasteiger partial charge on any atom is 0.321 e. The Morgan fingerprint density at radius 3 is 2.93 bits per heavy atom. The molecule has 2 heterocycles. The minimum atomic E-state index is -0.719. The fraction of sp³-hybridized carbons (Fsp3) is 0.889. The Morgan fingerprint density at radius 1 is 1.50 bits per heavy atom. The van der Waals surface area contributed by atoms with Gasteiger partial charge in [-0.15, -0.1) is 11.8 Å². The minimum Gasteiger partial charge on any atom is -0.480 e. The normalized spacial score (nSPS) is 38.4. The molecule has 2 aliphatic rings. The van der Waals surface area contributed by atoms with E-state index in [9.17, 15) is 4.79 Å². The summed E-state index contributed by atoms with van der Waals surface area (Å²) in [6.07, 6.45) is 2.42. The van der Waals surface area contributed by atoms with Gasteiger partial charge < -0.3 is 10.4 Å². The Balaban J connectivity index is 1.85. The molecule has 5 heteroatoms. The average molecular weight is 216 g/mol.